The van der Waals surface area contributed by atoms with Crippen LogP contribution in [0.3, 0.4) is 0 Å². The summed E-state index contributed by atoms with van der Waals surface area (Å²) in [6.07, 6.45) is 0. The molecule has 0 fully saturated rings. The van der Waals surface area contributed by atoms with Gasteiger partial charge in [0, 0.05) is 6.04 Å². The van der Waals surface area contributed by atoms with Crippen LogP contribution in [0.15, 0.2) is 24.3 Å². The van der Waals surface area contributed by atoms with Crippen LogP contribution in [0.1, 0.15) is 18.5 Å². The van der Waals surface area contributed by atoms with Crippen molar-refractivity contribution in [3.05, 3.63) is 29.8 Å². The lowest BCUT2D eigenvalue weighted by molar-refractivity contribution is 0.0705. The zero-order chi connectivity index (χ0) is 11.8. The number of nitrogens with two attached hydrogens (primary N) is 1. The standard InChI is InChI=1S/C12H19NO3/c1-10(13)11-3-2-4-12(9-11)16-8-7-15-6-5-14/h2-4,9-10,14H,5-8,13H2,1H3. The van der Waals surface area contributed by atoms with Gasteiger partial charge in [0.1, 0.15) is 12.4 Å². The van der Waals surface area contributed by atoms with Crippen LogP contribution in [0.4, 0.5) is 0 Å². The molecule has 0 heterocycles. The van der Waals surface area contributed by atoms with Crippen molar-refractivity contribution in [2.24, 2.45) is 5.73 Å². The molecule has 0 aliphatic carbocycles. The Morgan fingerprint density at radius 3 is 2.81 bits per heavy atom. The summed E-state index contributed by atoms with van der Waals surface area (Å²) in [5.74, 6) is 0.794. The molecule has 4 nitrogen and oxygen atoms in total. The van der Waals surface area contributed by atoms with E-state index in [1.54, 1.807) is 0 Å². The largest absolute Gasteiger partial charge is 0.491 e. The molecule has 0 aliphatic heterocycles. The van der Waals surface area contributed by atoms with Crippen molar-refractivity contribution in [3.8, 4) is 5.75 Å². The molecule has 0 aromatic heterocycles. The maximum atomic E-state index is 8.50. The third-order valence-electron chi connectivity index (χ3n) is 2.12. The normalized spacial score (nSPS) is 12.4. The van der Waals surface area contributed by atoms with Gasteiger partial charge in [0.25, 0.3) is 0 Å². The van der Waals surface area contributed by atoms with E-state index in [-0.39, 0.29) is 12.6 Å². The molecule has 0 spiro atoms. The Kier molecular flexibility index (Phi) is 5.85. The fraction of sp³-hybridized carbons (Fsp3) is 0.500. The Balaban J connectivity index is 2.33. The third-order valence-corrected chi connectivity index (χ3v) is 2.12. The summed E-state index contributed by atoms with van der Waals surface area (Å²) in [5.41, 5.74) is 6.82. The molecule has 1 unspecified atom stereocenters. The number of aliphatic hydroxyl groups is 1. The average Bonchev–Trinajstić information content (AvgIpc) is 2.29. The molecule has 1 aromatic rings. The Morgan fingerprint density at radius 1 is 1.31 bits per heavy atom. The van der Waals surface area contributed by atoms with Crippen LogP contribution >= 0.6 is 0 Å². The quantitative estimate of drug-likeness (QED) is 0.682. The van der Waals surface area contributed by atoms with Crippen molar-refractivity contribution in [1.29, 1.82) is 0 Å². The van der Waals surface area contributed by atoms with E-state index in [0.29, 0.717) is 19.8 Å². The first kappa shape index (κ1) is 13.0. The minimum atomic E-state index is 0.00851. The van der Waals surface area contributed by atoms with E-state index in [2.05, 4.69) is 0 Å². The summed E-state index contributed by atoms with van der Waals surface area (Å²) in [7, 11) is 0. The first-order valence-electron chi connectivity index (χ1n) is 5.41. The van der Waals surface area contributed by atoms with Gasteiger partial charge in [0.05, 0.1) is 19.8 Å². The second kappa shape index (κ2) is 7.22. The van der Waals surface area contributed by atoms with Gasteiger partial charge in [0.2, 0.25) is 0 Å². The number of benzene rings is 1. The fourth-order valence-corrected chi connectivity index (χ4v) is 1.27. The van der Waals surface area contributed by atoms with Gasteiger partial charge in [-0.2, -0.15) is 0 Å². The van der Waals surface area contributed by atoms with Gasteiger partial charge in [-0.05, 0) is 24.6 Å². The van der Waals surface area contributed by atoms with Crippen LogP contribution in [-0.4, -0.2) is 31.5 Å². The summed E-state index contributed by atoms with van der Waals surface area (Å²) < 4.78 is 10.6. The first-order chi connectivity index (χ1) is 7.74. The number of hydrogen-bond acceptors (Lipinski definition) is 4. The monoisotopic (exact) mass is 225 g/mol. The number of hydrogen-bond donors (Lipinski definition) is 2. The molecule has 0 aliphatic rings. The van der Waals surface area contributed by atoms with E-state index in [0.717, 1.165) is 11.3 Å². The molecule has 0 saturated heterocycles. The van der Waals surface area contributed by atoms with E-state index in [9.17, 15) is 0 Å². The predicted molar refractivity (Wildman–Crippen MR) is 62.4 cm³/mol. The minimum absolute atomic E-state index is 0.00851. The maximum Gasteiger partial charge on any atom is 0.119 e. The Bertz CT molecular complexity index is 302. The highest BCUT2D eigenvalue weighted by atomic mass is 16.5. The van der Waals surface area contributed by atoms with E-state index >= 15 is 0 Å². The zero-order valence-corrected chi connectivity index (χ0v) is 9.56. The molecular weight excluding hydrogens is 206 g/mol. The van der Waals surface area contributed by atoms with E-state index in [1.807, 2.05) is 31.2 Å². The van der Waals surface area contributed by atoms with Crippen LogP contribution < -0.4 is 10.5 Å². The summed E-state index contributed by atoms with van der Waals surface area (Å²) in [6, 6.07) is 7.71. The highest BCUT2D eigenvalue weighted by Gasteiger charge is 2.00. The highest BCUT2D eigenvalue weighted by molar-refractivity contribution is 5.30. The Morgan fingerprint density at radius 2 is 2.12 bits per heavy atom. The van der Waals surface area contributed by atoms with E-state index in [4.69, 9.17) is 20.3 Å². The summed E-state index contributed by atoms with van der Waals surface area (Å²) >= 11 is 0. The van der Waals surface area contributed by atoms with Crippen LogP contribution in [0.2, 0.25) is 0 Å². The van der Waals surface area contributed by atoms with E-state index < -0.39 is 0 Å². The molecule has 0 bridgehead atoms. The van der Waals surface area contributed by atoms with Crippen molar-refractivity contribution >= 4 is 0 Å². The molecule has 4 heteroatoms. The predicted octanol–water partition coefficient (Wildman–Crippen LogP) is 1.09. The number of rotatable bonds is 7. The molecular formula is C12H19NO3. The lowest BCUT2D eigenvalue weighted by Crippen LogP contribution is -2.10. The lowest BCUT2D eigenvalue weighted by atomic mass is 10.1. The lowest BCUT2D eigenvalue weighted by Gasteiger charge is -2.10. The topological polar surface area (TPSA) is 64.7 Å². The molecule has 16 heavy (non-hydrogen) atoms. The Hall–Kier alpha value is -1.10. The van der Waals surface area contributed by atoms with Gasteiger partial charge in [-0.15, -0.1) is 0 Å². The molecule has 3 N–H and O–H groups in total. The molecule has 0 saturated carbocycles. The second-order valence-corrected chi connectivity index (χ2v) is 3.55. The molecule has 0 amide bonds. The molecule has 90 valence electrons. The van der Waals surface area contributed by atoms with Gasteiger partial charge < -0.3 is 20.3 Å². The number of aliphatic hydroxyl groups excluding tert-OH is 1. The van der Waals surface area contributed by atoms with Crippen LogP contribution in [0.5, 0.6) is 5.75 Å². The Labute approximate surface area is 96.0 Å². The fourth-order valence-electron chi connectivity index (χ4n) is 1.27. The summed E-state index contributed by atoms with van der Waals surface area (Å²) in [4.78, 5) is 0. The average molecular weight is 225 g/mol. The van der Waals surface area contributed by atoms with Gasteiger partial charge in [0.15, 0.2) is 0 Å². The van der Waals surface area contributed by atoms with E-state index in [1.165, 1.54) is 0 Å². The van der Waals surface area contributed by atoms with Crippen LogP contribution in [0, 0.1) is 0 Å². The van der Waals surface area contributed by atoms with Gasteiger partial charge in [-0.25, -0.2) is 0 Å². The van der Waals surface area contributed by atoms with Gasteiger partial charge in [-0.1, -0.05) is 12.1 Å². The smallest absolute Gasteiger partial charge is 0.119 e. The number of ether oxygens (including phenoxy) is 2. The molecule has 1 atom stereocenters. The minimum Gasteiger partial charge on any atom is -0.491 e. The molecule has 1 rings (SSSR count). The maximum absolute atomic E-state index is 8.50. The molecule has 1 aromatic carbocycles. The van der Waals surface area contributed by atoms with Gasteiger partial charge >= 0.3 is 0 Å². The molecule has 0 radical (unpaired) electrons. The first-order valence-corrected chi connectivity index (χ1v) is 5.41. The van der Waals surface area contributed by atoms with Crippen molar-refractivity contribution in [2.75, 3.05) is 26.4 Å². The highest BCUT2D eigenvalue weighted by Crippen LogP contribution is 2.17. The van der Waals surface area contributed by atoms with Gasteiger partial charge in [-0.3, -0.25) is 0 Å². The third kappa shape index (κ3) is 4.61. The van der Waals surface area contributed by atoms with Crippen LogP contribution in [0.25, 0.3) is 0 Å². The second-order valence-electron chi connectivity index (χ2n) is 3.55. The van der Waals surface area contributed by atoms with Crippen LogP contribution in [-0.2, 0) is 4.74 Å². The summed E-state index contributed by atoms with van der Waals surface area (Å²) in [6.45, 7) is 3.28. The van der Waals surface area contributed by atoms with Crippen molar-refractivity contribution in [1.82, 2.24) is 0 Å². The summed E-state index contributed by atoms with van der Waals surface area (Å²) in [5, 5.41) is 8.50. The SMILES string of the molecule is CC(N)c1cccc(OCCOCCO)c1. The van der Waals surface area contributed by atoms with Crippen molar-refractivity contribution in [3.63, 3.8) is 0 Å². The van der Waals surface area contributed by atoms with Crippen molar-refractivity contribution < 1.29 is 14.6 Å². The zero-order valence-electron chi connectivity index (χ0n) is 9.56. The van der Waals surface area contributed by atoms with Crippen molar-refractivity contribution in [2.45, 2.75) is 13.0 Å².